The molecule has 1 aliphatic rings. The van der Waals surface area contributed by atoms with E-state index in [1.807, 2.05) is 29.2 Å². The first kappa shape index (κ1) is 27.8. The first-order valence-corrected chi connectivity index (χ1v) is 13.6. The molecule has 212 valence electrons. The topological polar surface area (TPSA) is 103 Å². The number of hydrogen-bond donors (Lipinski definition) is 1. The number of H-pyrrole nitrogens is 1. The number of carbonyl (C=O) groups is 1. The maximum Gasteiger partial charge on any atom is 0.253 e. The SMILES string of the molecule is CCCOCC[C@]1(C)CCN(C(=O)c2ccc(-c3cc(-c4n[nH]c5cc(OCCOC)c(F)cc45)on3)cc2)C1. The summed E-state index contributed by atoms with van der Waals surface area (Å²) in [6.07, 6.45) is 2.94. The van der Waals surface area contributed by atoms with Gasteiger partial charge in [-0.3, -0.25) is 9.89 Å². The molecule has 1 atom stereocenters. The van der Waals surface area contributed by atoms with E-state index in [0.29, 0.717) is 40.2 Å². The van der Waals surface area contributed by atoms with E-state index in [0.717, 1.165) is 51.1 Å². The Balaban J connectivity index is 1.25. The van der Waals surface area contributed by atoms with Crippen LogP contribution in [0.25, 0.3) is 33.6 Å². The number of carbonyl (C=O) groups excluding carboxylic acids is 1. The van der Waals surface area contributed by atoms with Gasteiger partial charge in [0.1, 0.15) is 18.0 Å². The summed E-state index contributed by atoms with van der Waals surface area (Å²) in [5, 5.41) is 11.9. The predicted molar refractivity (Wildman–Crippen MR) is 149 cm³/mol. The number of nitrogens with one attached hydrogen (secondary N) is 1. The Morgan fingerprint density at radius 1 is 1.15 bits per heavy atom. The van der Waals surface area contributed by atoms with Crippen LogP contribution in [-0.2, 0) is 9.47 Å². The number of amides is 1. The lowest BCUT2D eigenvalue weighted by Crippen LogP contribution is -2.31. The first-order chi connectivity index (χ1) is 19.4. The molecule has 40 heavy (non-hydrogen) atoms. The van der Waals surface area contributed by atoms with E-state index in [1.165, 1.54) is 6.07 Å². The molecule has 0 spiro atoms. The van der Waals surface area contributed by atoms with E-state index in [2.05, 4.69) is 29.2 Å². The van der Waals surface area contributed by atoms with Crippen LogP contribution in [0.1, 0.15) is 43.5 Å². The highest BCUT2D eigenvalue weighted by Gasteiger charge is 2.36. The highest BCUT2D eigenvalue weighted by molar-refractivity contribution is 5.95. The minimum Gasteiger partial charge on any atom is -0.488 e. The van der Waals surface area contributed by atoms with Crippen LogP contribution in [0.5, 0.6) is 5.75 Å². The molecule has 3 heterocycles. The molecule has 0 bridgehead atoms. The van der Waals surface area contributed by atoms with Gasteiger partial charge in [0.2, 0.25) is 0 Å². The third-order valence-corrected chi connectivity index (χ3v) is 7.37. The van der Waals surface area contributed by atoms with Crippen molar-refractivity contribution >= 4 is 16.8 Å². The Bertz CT molecular complexity index is 1450. The zero-order valence-corrected chi connectivity index (χ0v) is 23.2. The van der Waals surface area contributed by atoms with E-state index >= 15 is 0 Å². The molecule has 1 saturated heterocycles. The summed E-state index contributed by atoms with van der Waals surface area (Å²) in [5.74, 6) is 0.0379. The van der Waals surface area contributed by atoms with E-state index < -0.39 is 5.82 Å². The molecule has 1 N–H and O–H groups in total. The largest absolute Gasteiger partial charge is 0.488 e. The fourth-order valence-corrected chi connectivity index (χ4v) is 5.01. The molecule has 1 fully saturated rings. The predicted octanol–water partition coefficient (Wildman–Crippen LogP) is 5.72. The van der Waals surface area contributed by atoms with Gasteiger partial charge in [-0.1, -0.05) is 31.1 Å². The number of halogens is 1. The third kappa shape index (κ3) is 6.03. The number of ether oxygens (including phenoxy) is 3. The minimum atomic E-state index is -0.505. The summed E-state index contributed by atoms with van der Waals surface area (Å²) in [5.41, 5.74) is 3.16. The van der Waals surface area contributed by atoms with Crippen molar-refractivity contribution in [1.82, 2.24) is 20.3 Å². The molecule has 5 rings (SSSR count). The molecule has 1 amide bonds. The average Bonchev–Trinajstić information content (AvgIpc) is 3.70. The Labute approximate surface area is 232 Å². The number of fused-ring (bicyclic) bond motifs is 1. The molecule has 0 unspecified atom stereocenters. The second kappa shape index (κ2) is 12.2. The molecular formula is C30H35FN4O5. The Hall–Kier alpha value is -3.76. The molecule has 0 aliphatic carbocycles. The zero-order chi connectivity index (χ0) is 28.1. The highest BCUT2D eigenvalue weighted by Crippen LogP contribution is 2.35. The average molecular weight is 551 g/mol. The van der Waals surface area contributed by atoms with Gasteiger partial charge in [-0.25, -0.2) is 4.39 Å². The minimum absolute atomic E-state index is 0.0289. The molecule has 2 aromatic heterocycles. The fourth-order valence-electron chi connectivity index (χ4n) is 5.01. The Morgan fingerprint density at radius 3 is 2.75 bits per heavy atom. The standard InChI is InChI=1S/C30H35FN4O5/c1-4-12-38-13-10-30(2)9-11-35(19-30)29(36)21-7-5-20(6-8-21)24-17-27(40-34-24)28-22-16-23(31)26(39-15-14-37-3)18-25(22)32-33-28/h5-8,16-18H,4,9-15,19H2,1-3H3,(H,32,33)/t30-/m0/s1. The number of likely N-dealkylation sites (tertiary alicyclic amines) is 1. The van der Waals surface area contributed by atoms with Crippen molar-refractivity contribution in [3.8, 4) is 28.5 Å². The molecule has 9 nitrogen and oxygen atoms in total. The van der Waals surface area contributed by atoms with Crippen molar-refractivity contribution in [1.29, 1.82) is 0 Å². The van der Waals surface area contributed by atoms with E-state index in [9.17, 15) is 9.18 Å². The van der Waals surface area contributed by atoms with Gasteiger partial charge in [0, 0.05) is 62.1 Å². The van der Waals surface area contributed by atoms with Gasteiger partial charge in [0.05, 0.1) is 12.1 Å². The van der Waals surface area contributed by atoms with Crippen LogP contribution in [0.15, 0.2) is 47.0 Å². The quantitative estimate of drug-likeness (QED) is 0.225. The van der Waals surface area contributed by atoms with Crippen molar-refractivity contribution < 1.29 is 27.9 Å². The Kier molecular flexibility index (Phi) is 8.46. The van der Waals surface area contributed by atoms with Crippen LogP contribution in [0.2, 0.25) is 0 Å². The van der Waals surface area contributed by atoms with Crippen molar-refractivity contribution in [2.45, 2.75) is 33.1 Å². The maximum atomic E-state index is 14.6. The van der Waals surface area contributed by atoms with Crippen LogP contribution < -0.4 is 4.74 Å². The van der Waals surface area contributed by atoms with E-state index in [1.54, 1.807) is 19.2 Å². The number of aromatic nitrogens is 3. The molecular weight excluding hydrogens is 515 g/mol. The lowest BCUT2D eigenvalue weighted by atomic mass is 9.86. The summed E-state index contributed by atoms with van der Waals surface area (Å²) in [4.78, 5) is 15.1. The van der Waals surface area contributed by atoms with Gasteiger partial charge in [-0.15, -0.1) is 0 Å². The van der Waals surface area contributed by atoms with Gasteiger partial charge < -0.3 is 23.6 Å². The molecule has 4 aromatic rings. The van der Waals surface area contributed by atoms with Crippen molar-refractivity contribution in [3.05, 3.63) is 53.8 Å². The maximum absolute atomic E-state index is 14.6. The van der Waals surface area contributed by atoms with Crippen molar-refractivity contribution in [3.63, 3.8) is 0 Å². The summed E-state index contributed by atoms with van der Waals surface area (Å²) < 4.78 is 36.3. The monoisotopic (exact) mass is 550 g/mol. The smallest absolute Gasteiger partial charge is 0.253 e. The normalized spacial score (nSPS) is 17.1. The van der Waals surface area contributed by atoms with Crippen molar-refractivity contribution in [2.75, 3.05) is 46.6 Å². The number of benzene rings is 2. The Morgan fingerprint density at radius 2 is 1.98 bits per heavy atom. The van der Waals surface area contributed by atoms with Crippen LogP contribution >= 0.6 is 0 Å². The van der Waals surface area contributed by atoms with Crippen LogP contribution in [0.3, 0.4) is 0 Å². The first-order valence-electron chi connectivity index (χ1n) is 13.6. The molecule has 0 saturated carbocycles. The molecule has 2 aromatic carbocycles. The van der Waals surface area contributed by atoms with Gasteiger partial charge in [-0.2, -0.15) is 5.10 Å². The lowest BCUT2D eigenvalue weighted by molar-refractivity contribution is 0.0744. The number of hydrogen-bond acceptors (Lipinski definition) is 7. The summed E-state index contributed by atoms with van der Waals surface area (Å²) >= 11 is 0. The second-order valence-electron chi connectivity index (χ2n) is 10.5. The summed E-state index contributed by atoms with van der Waals surface area (Å²) in [6.45, 7) is 7.91. The summed E-state index contributed by atoms with van der Waals surface area (Å²) in [7, 11) is 1.56. The van der Waals surface area contributed by atoms with Crippen LogP contribution in [0.4, 0.5) is 4.39 Å². The zero-order valence-electron chi connectivity index (χ0n) is 23.2. The number of nitrogens with zero attached hydrogens (tertiary/aromatic N) is 3. The van der Waals surface area contributed by atoms with Gasteiger partial charge >= 0.3 is 0 Å². The van der Waals surface area contributed by atoms with Gasteiger partial charge in [-0.05, 0) is 42.9 Å². The second-order valence-corrected chi connectivity index (χ2v) is 10.5. The highest BCUT2D eigenvalue weighted by atomic mass is 19.1. The van der Waals surface area contributed by atoms with Gasteiger partial charge in [0.25, 0.3) is 5.91 Å². The number of rotatable bonds is 12. The third-order valence-electron chi connectivity index (χ3n) is 7.37. The fraction of sp³-hybridized carbons (Fsp3) is 0.433. The molecule has 1 aliphatic heterocycles. The van der Waals surface area contributed by atoms with E-state index in [-0.39, 0.29) is 23.7 Å². The number of methoxy groups -OCH3 is 1. The molecule has 10 heteroatoms. The molecule has 0 radical (unpaired) electrons. The van der Waals surface area contributed by atoms with Gasteiger partial charge in [0.15, 0.2) is 17.3 Å². The lowest BCUT2D eigenvalue weighted by Gasteiger charge is -2.24. The van der Waals surface area contributed by atoms with E-state index in [4.69, 9.17) is 18.7 Å². The van der Waals surface area contributed by atoms with Crippen LogP contribution in [0, 0.1) is 11.2 Å². The summed E-state index contributed by atoms with van der Waals surface area (Å²) in [6, 6.07) is 12.0. The van der Waals surface area contributed by atoms with Crippen molar-refractivity contribution in [2.24, 2.45) is 5.41 Å². The van der Waals surface area contributed by atoms with Crippen LogP contribution in [-0.4, -0.2) is 72.8 Å². The number of aromatic amines is 1.